The third-order valence-corrected chi connectivity index (χ3v) is 5.10. The number of nitrogens with zero attached hydrogens (tertiary/aromatic N) is 2. The zero-order valence-corrected chi connectivity index (χ0v) is 16.0. The topological polar surface area (TPSA) is 72.0 Å². The fourth-order valence-corrected chi connectivity index (χ4v) is 3.52. The first kappa shape index (κ1) is 19.8. The number of hydrogen-bond acceptors (Lipinski definition) is 5. The molecular weight excluding hydrogens is 377 g/mol. The summed E-state index contributed by atoms with van der Waals surface area (Å²) in [5, 5.41) is 5.78. The first-order chi connectivity index (χ1) is 13.6. The van der Waals surface area contributed by atoms with Gasteiger partial charge in [-0.1, -0.05) is 0 Å². The molecule has 2 heterocycles. The van der Waals surface area contributed by atoms with Crippen LogP contribution < -0.4 is 5.32 Å². The van der Waals surface area contributed by atoms with Crippen LogP contribution in [0.5, 0.6) is 0 Å². The summed E-state index contributed by atoms with van der Waals surface area (Å²) in [5.41, 5.74) is 2.43. The fraction of sp³-hybridized carbons (Fsp3) is 0.238. The molecule has 0 aliphatic carbocycles. The maximum Gasteiger partial charge on any atom is 0.220 e. The number of pyridine rings is 1. The zero-order chi connectivity index (χ0) is 19.8. The molecule has 1 aromatic carbocycles. The third-order valence-electron chi connectivity index (χ3n) is 4.16. The molecule has 3 rings (SSSR count). The molecule has 1 N–H and O–H groups in total. The van der Waals surface area contributed by atoms with Gasteiger partial charge in [0.05, 0.1) is 5.69 Å². The Morgan fingerprint density at radius 3 is 2.54 bits per heavy atom. The van der Waals surface area contributed by atoms with E-state index >= 15 is 0 Å². The molecule has 0 aliphatic rings. The Balaban J connectivity index is 1.35. The zero-order valence-electron chi connectivity index (χ0n) is 15.2. The first-order valence-corrected chi connectivity index (χ1v) is 9.90. The second-order valence-corrected chi connectivity index (χ2v) is 7.12. The van der Waals surface area contributed by atoms with Crippen LogP contribution in [0.15, 0.2) is 54.2 Å². The van der Waals surface area contributed by atoms with Crippen LogP contribution in [-0.2, 0) is 11.2 Å². The quantitative estimate of drug-likeness (QED) is 0.553. The number of carbonyl (C=O) groups is 2. The van der Waals surface area contributed by atoms with Gasteiger partial charge in [0.25, 0.3) is 0 Å². The maximum atomic E-state index is 12.9. The van der Waals surface area contributed by atoms with Crippen molar-refractivity contribution in [1.29, 1.82) is 0 Å². The molecule has 0 saturated heterocycles. The monoisotopic (exact) mass is 397 g/mol. The molecule has 0 bridgehead atoms. The Bertz CT molecular complexity index is 926. The average Bonchev–Trinajstić information content (AvgIpc) is 3.18. The minimum atomic E-state index is -0.371. The highest BCUT2D eigenvalue weighted by Crippen LogP contribution is 2.22. The molecule has 0 aliphatic heterocycles. The summed E-state index contributed by atoms with van der Waals surface area (Å²) in [6.45, 7) is 0.504. The second kappa shape index (κ2) is 9.85. The van der Waals surface area contributed by atoms with Gasteiger partial charge in [0.1, 0.15) is 10.8 Å². The number of aromatic nitrogens is 2. The van der Waals surface area contributed by atoms with Crippen LogP contribution in [0, 0.1) is 5.82 Å². The largest absolute Gasteiger partial charge is 0.356 e. The smallest absolute Gasteiger partial charge is 0.220 e. The van der Waals surface area contributed by atoms with Crippen LogP contribution in [0.1, 0.15) is 35.3 Å². The van der Waals surface area contributed by atoms with Gasteiger partial charge in [-0.25, -0.2) is 9.37 Å². The minimum absolute atomic E-state index is 0.0843. The van der Waals surface area contributed by atoms with E-state index in [4.69, 9.17) is 0 Å². The van der Waals surface area contributed by atoms with Gasteiger partial charge in [-0.15, -0.1) is 11.3 Å². The lowest BCUT2D eigenvalue weighted by atomic mass is 10.1. The Kier molecular flexibility index (Phi) is 6.97. The van der Waals surface area contributed by atoms with Crippen LogP contribution in [0.2, 0.25) is 0 Å². The molecule has 0 saturated carbocycles. The maximum absolute atomic E-state index is 12.9. The number of carbonyl (C=O) groups excluding carboxylic acids is 2. The van der Waals surface area contributed by atoms with Crippen molar-refractivity contribution in [2.75, 3.05) is 6.54 Å². The lowest BCUT2D eigenvalue weighted by molar-refractivity contribution is -0.121. The summed E-state index contributed by atoms with van der Waals surface area (Å²) < 4.78 is 12.9. The summed E-state index contributed by atoms with van der Waals surface area (Å²) in [4.78, 5) is 32.5. The van der Waals surface area contributed by atoms with E-state index in [0.717, 1.165) is 16.3 Å². The molecule has 0 radical (unpaired) electrons. The molecule has 0 spiro atoms. The van der Waals surface area contributed by atoms with Gasteiger partial charge in [0, 0.05) is 54.7 Å². The number of Topliss-reactive ketones (excluding diaryl/α,β-unsaturated/α-hetero) is 1. The summed E-state index contributed by atoms with van der Waals surface area (Å²) in [5.74, 6) is -0.542. The van der Waals surface area contributed by atoms with Crippen LogP contribution in [0.25, 0.3) is 10.6 Å². The van der Waals surface area contributed by atoms with E-state index in [2.05, 4.69) is 15.3 Å². The van der Waals surface area contributed by atoms with E-state index < -0.39 is 0 Å². The van der Waals surface area contributed by atoms with E-state index in [0.29, 0.717) is 24.9 Å². The van der Waals surface area contributed by atoms with E-state index in [9.17, 15) is 14.0 Å². The van der Waals surface area contributed by atoms with Crippen molar-refractivity contribution in [2.45, 2.75) is 25.7 Å². The van der Waals surface area contributed by atoms with Crippen LogP contribution in [0.4, 0.5) is 4.39 Å². The van der Waals surface area contributed by atoms with E-state index in [1.807, 2.05) is 17.5 Å². The van der Waals surface area contributed by atoms with Crippen LogP contribution in [0.3, 0.4) is 0 Å². The van der Waals surface area contributed by atoms with Crippen molar-refractivity contribution in [3.8, 4) is 10.6 Å². The number of thiazole rings is 1. The Morgan fingerprint density at radius 2 is 1.79 bits per heavy atom. The first-order valence-electron chi connectivity index (χ1n) is 9.02. The van der Waals surface area contributed by atoms with Gasteiger partial charge in [0.2, 0.25) is 5.91 Å². The highest BCUT2D eigenvalue weighted by Gasteiger charge is 2.09. The summed E-state index contributed by atoms with van der Waals surface area (Å²) in [6.07, 6.45) is 5.13. The summed E-state index contributed by atoms with van der Waals surface area (Å²) in [7, 11) is 0. The van der Waals surface area contributed by atoms with E-state index in [1.165, 1.54) is 24.3 Å². The number of amides is 1. The number of benzene rings is 1. The highest BCUT2D eigenvalue weighted by molar-refractivity contribution is 7.13. The SMILES string of the molecule is O=C(CCCC(=O)c1ccc(F)cc1)NCCc1csc(-c2ccncc2)n1. The van der Waals surface area contributed by atoms with Crippen molar-refractivity contribution < 1.29 is 14.0 Å². The average molecular weight is 397 g/mol. The number of hydrogen-bond donors (Lipinski definition) is 1. The molecule has 7 heteroatoms. The molecular formula is C21H20FN3O2S. The predicted molar refractivity (Wildman–Crippen MR) is 107 cm³/mol. The number of ketones is 1. The van der Waals surface area contributed by atoms with Gasteiger partial charge in [-0.05, 0) is 42.8 Å². The second-order valence-electron chi connectivity index (χ2n) is 6.26. The molecule has 0 atom stereocenters. The Morgan fingerprint density at radius 1 is 1.04 bits per heavy atom. The lowest BCUT2D eigenvalue weighted by Crippen LogP contribution is -2.25. The van der Waals surface area contributed by atoms with Crippen molar-refractivity contribution >= 4 is 23.0 Å². The molecule has 2 aromatic heterocycles. The van der Waals surface area contributed by atoms with Crippen LogP contribution >= 0.6 is 11.3 Å². The fourth-order valence-electron chi connectivity index (χ4n) is 2.66. The van der Waals surface area contributed by atoms with Gasteiger partial charge >= 0.3 is 0 Å². The number of halogens is 1. The van der Waals surface area contributed by atoms with Gasteiger partial charge in [-0.3, -0.25) is 14.6 Å². The number of rotatable bonds is 9. The van der Waals surface area contributed by atoms with Crippen molar-refractivity contribution in [3.05, 3.63) is 71.2 Å². The molecule has 0 unspecified atom stereocenters. The lowest BCUT2D eigenvalue weighted by Gasteiger charge is -2.04. The summed E-state index contributed by atoms with van der Waals surface area (Å²) in [6, 6.07) is 9.28. The Labute approximate surface area is 166 Å². The number of nitrogens with one attached hydrogen (secondary N) is 1. The predicted octanol–water partition coefficient (Wildman–Crippen LogP) is 4.06. The van der Waals surface area contributed by atoms with E-state index in [1.54, 1.807) is 23.7 Å². The summed E-state index contributed by atoms with van der Waals surface area (Å²) >= 11 is 1.56. The van der Waals surface area contributed by atoms with Crippen molar-refractivity contribution in [1.82, 2.24) is 15.3 Å². The van der Waals surface area contributed by atoms with Gasteiger partial charge < -0.3 is 5.32 Å². The molecule has 5 nitrogen and oxygen atoms in total. The van der Waals surface area contributed by atoms with Gasteiger partial charge in [-0.2, -0.15) is 0 Å². The highest BCUT2D eigenvalue weighted by atomic mass is 32.1. The van der Waals surface area contributed by atoms with Crippen LogP contribution in [-0.4, -0.2) is 28.2 Å². The molecule has 144 valence electrons. The third kappa shape index (κ3) is 5.79. The molecule has 28 heavy (non-hydrogen) atoms. The standard InChI is InChI=1S/C21H20FN3O2S/c22-17-6-4-15(5-7-17)19(26)2-1-3-20(27)24-13-10-18-14-28-21(25-18)16-8-11-23-12-9-16/h4-9,11-12,14H,1-3,10,13H2,(H,24,27). The molecule has 0 fully saturated rings. The Hall–Kier alpha value is -2.93. The normalized spacial score (nSPS) is 10.6. The van der Waals surface area contributed by atoms with Gasteiger partial charge in [0.15, 0.2) is 5.78 Å². The van der Waals surface area contributed by atoms with Crippen molar-refractivity contribution in [2.24, 2.45) is 0 Å². The molecule has 1 amide bonds. The molecule has 3 aromatic rings. The van der Waals surface area contributed by atoms with Crippen molar-refractivity contribution in [3.63, 3.8) is 0 Å². The van der Waals surface area contributed by atoms with E-state index in [-0.39, 0.29) is 30.3 Å². The minimum Gasteiger partial charge on any atom is -0.356 e.